The molecule has 4 nitrogen and oxygen atoms in total. The zero-order valence-corrected chi connectivity index (χ0v) is 10.5. The summed E-state index contributed by atoms with van der Waals surface area (Å²) in [6.45, 7) is 2.67. The predicted molar refractivity (Wildman–Crippen MR) is 61.9 cm³/mol. The van der Waals surface area contributed by atoms with Gasteiger partial charge in [0.1, 0.15) is 0 Å². The van der Waals surface area contributed by atoms with Gasteiger partial charge in [-0.2, -0.15) is 0 Å². The summed E-state index contributed by atoms with van der Waals surface area (Å²) in [6, 6.07) is 1.76. The SMILES string of the molecule is COCC(Cl)CN(C)C(=O)c1occc1C. The minimum absolute atomic E-state index is 0.163. The van der Waals surface area contributed by atoms with E-state index in [0.717, 1.165) is 5.56 Å². The third kappa shape index (κ3) is 3.25. The summed E-state index contributed by atoms with van der Waals surface area (Å²) in [5, 5.41) is -0.214. The van der Waals surface area contributed by atoms with E-state index in [0.29, 0.717) is 18.9 Å². The second-order valence-electron chi connectivity index (χ2n) is 3.67. The van der Waals surface area contributed by atoms with E-state index < -0.39 is 0 Å². The van der Waals surface area contributed by atoms with Crippen LogP contribution in [-0.4, -0.2) is 43.5 Å². The fourth-order valence-corrected chi connectivity index (χ4v) is 1.71. The number of carbonyl (C=O) groups excluding carboxylic acids is 1. The maximum Gasteiger partial charge on any atom is 0.289 e. The van der Waals surface area contributed by atoms with E-state index in [2.05, 4.69) is 0 Å². The summed E-state index contributed by atoms with van der Waals surface area (Å²) >= 11 is 5.97. The van der Waals surface area contributed by atoms with Gasteiger partial charge in [-0.25, -0.2) is 0 Å². The highest BCUT2D eigenvalue weighted by molar-refractivity contribution is 6.21. The number of aryl methyl sites for hydroxylation is 1. The smallest absolute Gasteiger partial charge is 0.289 e. The lowest BCUT2D eigenvalue weighted by Gasteiger charge is -2.19. The lowest BCUT2D eigenvalue weighted by atomic mass is 10.2. The van der Waals surface area contributed by atoms with Gasteiger partial charge in [-0.3, -0.25) is 4.79 Å². The molecule has 0 aromatic carbocycles. The third-order valence-corrected chi connectivity index (χ3v) is 2.49. The summed E-state index contributed by atoms with van der Waals surface area (Å²) in [6.07, 6.45) is 1.50. The summed E-state index contributed by atoms with van der Waals surface area (Å²) in [5.41, 5.74) is 0.828. The number of methoxy groups -OCH3 is 1. The first-order chi connectivity index (χ1) is 7.56. The summed E-state index contributed by atoms with van der Waals surface area (Å²) < 4.78 is 10.0. The topological polar surface area (TPSA) is 42.7 Å². The van der Waals surface area contributed by atoms with Gasteiger partial charge in [0.2, 0.25) is 0 Å². The van der Waals surface area contributed by atoms with Gasteiger partial charge in [-0.05, 0) is 13.0 Å². The van der Waals surface area contributed by atoms with Crippen molar-refractivity contribution in [2.75, 3.05) is 27.3 Å². The van der Waals surface area contributed by atoms with Crippen LogP contribution < -0.4 is 0 Å². The average molecular weight is 246 g/mol. The zero-order chi connectivity index (χ0) is 12.1. The number of alkyl halides is 1. The number of nitrogens with zero attached hydrogens (tertiary/aromatic N) is 1. The molecule has 5 heteroatoms. The van der Waals surface area contributed by atoms with Gasteiger partial charge in [0, 0.05) is 26.3 Å². The van der Waals surface area contributed by atoms with Crippen molar-refractivity contribution in [3.63, 3.8) is 0 Å². The maximum atomic E-state index is 11.9. The van der Waals surface area contributed by atoms with Crippen LogP contribution in [0.3, 0.4) is 0 Å². The molecule has 0 radical (unpaired) electrons. The molecule has 1 amide bonds. The van der Waals surface area contributed by atoms with Crippen LogP contribution in [0.15, 0.2) is 16.7 Å². The van der Waals surface area contributed by atoms with E-state index in [-0.39, 0.29) is 11.3 Å². The molecule has 1 aromatic rings. The second-order valence-corrected chi connectivity index (χ2v) is 4.29. The van der Waals surface area contributed by atoms with Crippen LogP contribution in [0.25, 0.3) is 0 Å². The quantitative estimate of drug-likeness (QED) is 0.745. The molecule has 0 fully saturated rings. The second kappa shape index (κ2) is 5.92. The molecule has 90 valence electrons. The normalized spacial score (nSPS) is 12.5. The van der Waals surface area contributed by atoms with E-state index in [4.69, 9.17) is 20.8 Å². The Morgan fingerprint density at radius 3 is 2.88 bits per heavy atom. The Morgan fingerprint density at radius 2 is 2.38 bits per heavy atom. The van der Waals surface area contributed by atoms with Gasteiger partial charge in [0.05, 0.1) is 18.2 Å². The van der Waals surface area contributed by atoms with Crippen molar-refractivity contribution in [3.8, 4) is 0 Å². The Hall–Kier alpha value is -1.00. The van der Waals surface area contributed by atoms with Crippen LogP contribution in [0.4, 0.5) is 0 Å². The van der Waals surface area contributed by atoms with E-state index in [9.17, 15) is 4.79 Å². The first-order valence-electron chi connectivity index (χ1n) is 4.98. The summed E-state index contributed by atoms with van der Waals surface area (Å²) in [5.74, 6) is 0.202. The highest BCUT2D eigenvalue weighted by Gasteiger charge is 2.19. The molecule has 1 unspecified atom stereocenters. The van der Waals surface area contributed by atoms with Gasteiger partial charge in [0.25, 0.3) is 5.91 Å². The molecule has 0 N–H and O–H groups in total. The van der Waals surface area contributed by atoms with Crippen molar-refractivity contribution >= 4 is 17.5 Å². The number of carbonyl (C=O) groups is 1. The highest BCUT2D eigenvalue weighted by Crippen LogP contribution is 2.12. The summed E-state index contributed by atoms with van der Waals surface area (Å²) in [7, 11) is 3.27. The number of amides is 1. The molecule has 0 bridgehead atoms. The monoisotopic (exact) mass is 245 g/mol. The van der Waals surface area contributed by atoms with E-state index in [1.165, 1.54) is 11.2 Å². The fourth-order valence-electron chi connectivity index (χ4n) is 1.38. The molecule has 0 spiro atoms. The van der Waals surface area contributed by atoms with E-state index in [1.54, 1.807) is 20.2 Å². The Labute approximate surface area is 100 Å². The van der Waals surface area contributed by atoms with Gasteiger partial charge in [-0.1, -0.05) is 0 Å². The van der Waals surface area contributed by atoms with Crippen LogP contribution in [0, 0.1) is 6.92 Å². The van der Waals surface area contributed by atoms with Gasteiger partial charge >= 0.3 is 0 Å². The van der Waals surface area contributed by atoms with Crippen LogP contribution in [0.2, 0.25) is 0 Å². The Balaban J connectivity index is 2.58. The molecular weight excluding hydrogens is 230 g/mol. The number of furan rings is 1. The molecule has 0 aliphatic rings. The van der Waals surface area contributed by atoms with Crippen LogP contribution in [0.5, 0.6) is 0 Å². The largest absolute Gasteiger partial charge is 0.459 e. The lowest BCUT2D eigenvalue weighted by Crippen LogP contribution is -2.34. The fraction of sp³-hybridized carbons (Fsp3) is 0.545. The third-order valence-electron chi connectivity index (χ3n) is 2.22. The molecule has 0 saturated heterocycles. The number of halogens is 1. The molecule has 1 heterocycles. The molecule has 1 atom stereocenters. The first-order valence-corrected chi connectivity index (χ1v) is 5.42. The Bertz CT molecular complexity index is 351. The van der Waals surface area contributed by atoms with Crippen LogP contribution in [0.1, 0.15) is 16.1 Å². The van der Waals surface area contributed by atoms with Crippen molar-refractivity contribution in [1.29, 1.82) is 0 Å². The van der Waals surface area contributed by atoms with Crippen molar-refractivity contribution in [2.45, 2.75) is 12.3 Å². The highest BCUT2D eigenvalue weighted by atomic mass is 35.5. The van der Waals surface area contributed by atoms with Crippen LogP contribution in [-0.2, 0) is 4.74 Å². The van der Waals surface area contributed by atoms with Crippen molar-refractivity contribution in [1.82, 2.24) is 4.90 Å². The molecule has 1 aromatic heterocycles. The van der Waals surface area contributed by atoms with Gasteiger partial charge in [0.15, 0.2) is 5.76 Å². The first kappa shape index (κ1) is 13.1. The number of ether oxygens (including phenoxy) is 1. The molecule has 1 rings (SSSR count). The summed E-state index contributed by atoms with van der Waals surface area (Å²) in [4.78, 5) is 13.4. The molecule has 16 heavy (non-hydrogen) atoms. The number of hydrogen-bond acceptors (Lipinski definition) is 3. The van der Waals surface area contributed by atoms with Crippen LogP contribution >= 0.6 is 11.6 Å². The molecule has 0 aliphatic heterocycles. The zero-order valence-electron chi connectivity index (χ0n) is 9.70. The maximum absolute atomic E-state index is 11.9. The average Bonchev–Trinajstić information content (AvgIpc) is 2.63. The van der Waals surface area contributed by atoms with Crippen molar-refractivity contribution < 1.29 is 13.9 Å². The standard InChI is InChI=1S/C11H16ClNO3/c1-8-4-5-16-10(8)11(14)13(2)6-9(12)7-15-3/h4-5,9H,6-7H2,1-3H3. The minimum atomic E-state index is -0.214. The van der Waals surface area contributed by atoms with Gasteiger partial charge < -0.3 is 14.1 Å². The number of rotatable bonds is 5. The Kier molecular flexibility index (Phi) is 4.83. The molecule has 0 aliphatic carbocycles. The lowest BCUT2D eigenvalue weighted by molar-refractivity contribution is 0.0749. The molecule has 0 saturated carbocycles. The predicted octanol–water partition coefficient (Wildman–Crippen LogP) is 1.91. The van der Waals surface area contributed by atoms with Crippen molar-refractivity contribution in [3.05, 3.63) is 23.7 Å². The Morgan fingerprint density at radius 1 is 1.69 bits per heavy atom. The molecular formula is C11H16ClNO3. The van der Waals surface area contributed by atoms with Crippen molar-refractivity contribution in [2.24, 2.45) is 0 Å². The van der Waals surface area contributed by atoms with E-state index in [1.807, 2.05) is 6.92 Å². The van der Waals surface area contributed by atoms with Gasteiger partial charge in [-0.15, -0.1) is 11.6 Å². The number of hydrogen-bond donors (Lipinski definition) is 0. The van der Waals surface area contributed by atoms with E-state index >= 15 is 0 Å². The minimum Gasteiger partial charge on any atom is -0.459 e.